The van der Waals surface area contributed by atoms with Crippen molar-refractivity contribution in [3.63, 3.8) is 0 Å². The van der Waals surface area contributed by atoms with Gasteiger partial charge in [-0.25, -0.2) is 4.98 Å². The highest BCUT2D eigenvalue weighted by Crippen LogP contribution is 2.33. The van der Waals surface area contributed by atoms with Gasteiger partial charge in [-0.1, -0.05) is 36.4 Å². The Morgan fingerprint density at radius 3 is 2.10 bits per heavy atom. The van der Waals surface area contributed by atoms with Crippen molar-refractivity contribution in [3.05, 3.63) is 65.5 Å². The fraction of sp³-hybridized carbons (Fsp3) is 0.0625. The van der Waals surface area contributed by atoms with Crippen LogP contribution in [0.3, 0.4) is 0 Å². The van der Waals surface area contributed by atoms with Gasteiger partial charge in [0.1, 0.15) is 11.7 Å². The molecule has 0 unspecified atom stereocenters. The zero-order valence-electron chi connectivity index (χ0n) is 10.5. The maximum atomic E-state index is 12.4. The second-order valence-electron chi connectivity index (χ2n) is 4.85. The van der Waals surface area contributed by atoms with Gasteiger partial charge >= 0.3 is 0 Å². The van der Waals surface area contributed by atoms with E-state index in [-0.39, 0.29) is 11.6 Å². The molecule has 0 aliphatic heterocycles. The molecule has 0 radical (unpaired) electrons. The van der Waals surface area contributed by atoms with Gasteiger partial charge in [-0.3, -0.25) is 9.59 Å². The second kappa shape index (κ2) is 3.87. The van der Waals surface area contributed by atoms with Gasteiger partial charge in [-0.2, -0.15) is 0 Å². The zero-order valence-corrected chi connectivity index (χ0v) is 10.5. The highest BCUT2D eigenvalue weighted by atomic mass is 16.2. The molecule has 0 saturated heterocycles. The number of Topliss-reactive ketones (excluding diaryl/α,β-unsaturated/α-hetero) is 2. The average Bonchev–Trinajstić information content (AvgIpc) is 3.00. The summed E-state index contributed by atoms with van der Waals surface area (Å²) in [5.74, 6) is -0.758. The van der Waals surface area contributed by atoms with E-state index in [1.165, 1.54) is 0 Å². The van der Waals surface area contributed by atoms with Crippen LogP contribution < -0.4 is 0 Å². The number of aromatic amines is 1. The quantitative estimate of drug-likeness (QED) is 0.686. The van der Waals surface area contributed by atoms with Crippen molar-refractivity contribution < 1.29 is 9.59 Å². The lowest BCUT2D eigenvalue weighted by Crippen LogP contribution is -2.14. The summed E-state index contributed by atoms with van der Waals surface area (Å²) in [7, 11) is 0. The van der Waals surface area contributed by atoms with Crippen LogP contribution in [0.4, 0.5) is 0 Å². The van der Waals surface area contributed by atoms with Gasteiger partial charge in [0.05, 0.1) is 11.0 Å². The van der Waals surface area contributed by atoms with Crippen molar-refractivity contribution in [2.45, 2.75) is 5.92 Å². The van der Waals surface area contributed by atoms with Crippen LogP contribution in [-0.4, -0.2) is 21.5 Å². The summed E-state index contributed by atoms with van der Waals surface area (Å²) < 4.78 is 0. The molecular weight excluding hydrogens is 252 g/mol. The molecule has 4 heteroatoms. The van der Waals surface area contributed by atoms with Crippen LogP contribution in [0.25, 0.3) is 11.0 Å². The molecule has 0 saturated carbocycles. The number of nitrogens with one attached hydrogen (secondary N) is 1. The van der Waals surface area contributed by atoms with Crippen LogP contribution in [0.2, 0.25) is 0 Å². The molecule has 20 heavy (non-hydrogen) atoms. The molecule has 4 nitrogen and oxygen atoms in total. The molecule has 0 spiro atoms. The number of ketones is 2. The lowest BCUT2D eigenvalue weighted by Gasteiger charge is -2.01. The van der Waals surface area contributed by atoms with Crippen molar-refractivity contribution in [1.29, 1.82) is 0 Å². The van der Waals surface area contributed by atoms with Crippen LogP contribution in [-0.2, 0) is 0 Å². The first-order valence-corrected chi connectivity index (χ1v) is 6.38. The molecule has 2 aromatic carbocycles. The summed E-state index contributed by atoms with van der Waals surface area (Å²) >= 11 is 0. The number of carbonyl (C=O) groups excluding carboxylic acids is 2. The van der Waals surface area contributed by atoms with Crippen molar-refractivity contribution in [3.8, 4) is 0 Å². The number of rotatable bonds is 1. The van der Waals surface area contributed by atoms with E-state index in [2.05, 4.69) is 9.97 Å². The van der Waals surface area contributed by atoms with E-state index in [0.717, 1.165) is 11.0 Å². The number of aromatic nitrogens is 2. The number of nitrogens with zero attached hydrogens (tertiary/aromatic N) is 1. The molecule has 1 aliphatic rings. The van der Waals surface area contributed by atoms with E-state index >= 15 is 0 Å². The number of carbonyl (C=O) groups is 2. The van der Waals surface area contributed by atoms with Crippen LogP contribution >= 0.6 is 0 Å². The molecule has 3 aromatic rings. The predicted octanol–water partition coefficient (Wildman–Crippen LogP) is 2.73. The topological polar surface area (TPSA) is 62.8 Å². The first-order chi connectivity index (χ1) is 9.75. The molecule has 0 bridgehead atoms. The number of hydrogen-bond donors (Lipinski definition) is 1. The Hall–Kier alpha value is -2.75. The summed E-state index contributed by atoms with van der Waals surface area (Å²) in [4.78, 5) is 32.3. The number of para-hydroxylation sites is 2. The minimum absolute atomic E-state index is 0.176. The van der Waals surface area contributed by atoms with E-state index in [0.29, 0.717) is 17.0 Å². The largest absolute Gasteiger partial charge is 0.341 e. The van der Waals surface area contributed by atoms with Crippen LogP contribution in [0, 0.1) is 0 Å². The summed E-state index contributed by atoms with van der Waals surface area (Å²) in [5, 5.41) is 0. The third-order valence-corrected chi connectivity index (χ3v) is 3.66. The normalized spacial score (nSPS) is 15.0. The SMILES string of the molecule is O=C1c2ccccc2C(=O)C1c1nc2ccccc2[nH]1. The Morgan fingerprint density at radius 1 is 0.850 bits per heavy atom. The van der Waals surface area contributed by atoms with Gasteiger partial charge in [-0.15, -0.1) is 0 Å². The molecule has 0 amide bonds. The Kier molecular flexibility index (Phi) is 2.15. The average molecular weight is 262 g/mol. The van der Waals surface area contributed by atoms with Gasteiger partial charge in [0, 0.05) is 11.1 Å². The Balaban J connectivity index is 1.88. The third kappa shape index (κ3) is 1.39. The Morgan fingerprint density at radius 2 is 1.45 bits per heavy atom. The smallest absolute Gasteiger partial charge is 0.182 e. The van der Waals surface area contributed by atoms with Crippen molar-refractivity contribution in [1.82, 2.24) is 9.97 Å². The Labute approximate surface area is 114 Å². The fourth-order valence-electron chi connectivity index (χ4n) is 2.70. The highest BCUT2D eigenvalue weighted by Gasteiger charge is 2.41. The van der Waals surface area contributed by atoms with Gasteiger partial charge < -0.3 is 4.98 Å². The molecular formula is C16H10N2O2. The molecule has 1 N–H and O–H groups in total. The van der Waals surface area contributed by atoms with Crippen molar-refractivity contribution >= 4 is 22.6 Å². The van der Waals surface area contributed by atoms with Gasteiger partial charge in [0.15, 0.2) is 11.6 Å². The van der Waals surface area contributed by atoms with Crippen LogP contribution in [0.5, 0.6) is 0 Å². The summed E-state index contributed by atoms with van der Waals surface area (Å²) in [6, 6.07) is 14.4. The maximum Gasteiger partial charge on any atom is 0.182 e. The maximum absolute atomic E-state index is 12.4. The fourth-order valence-corrected chi connectivity index (χ4v) is 2.70. The molecule has 0 fully saturated rings. The predicted molar refractivity (Wildman–Crippen MR) is 73.9 cm³/mol. The third-order valence-electron chi connectivity index (χ3n) is 3.66. The summed E-state index contributed by atoms with van der Waals surface area (Å²) in [6.45, 7) is 0. The van der Waals surface area contributed by atoms with E-state index in [1.807, 2.05) is 24.3 Å². The lowest BCUT2D eigenvalue weighted by molar-refractivity contribution is 0.0886. The minimum atomic E-state index is -0.834. The first-order valence-electron chi connectivity index (χ1n) is 6.38. The van der Waals surface area contributed by atoms with E-state index in [4.69, 9.17) is 0 Å². The number of fused-ring (bicyclic) bond motifs is 2. The van der Waals surface area contributed by atoms with E-state index < -0.39 is 5.92 Å². The molecule has 4 rings (SSSR count). The number of benzene rings is 2. The number of hydrogen-bond acceptors (Lipinski definition) is 3. The lowest BCUT2D eigenvalue weighted by atomic mass is 10.0. The van der Waals surface area contributed by atoms with Gasteiger partial charge in [0.25, 0.3) is 0 Å². The highest BCUT2D eigenvalue weighted by molar-refractivity contribution is 6.29. The van der Waals surface area contributed by atoms with E-state index in [1.54, 1.807) is 24.3 Å². The number of H-pyrrole nitrogens is 1. The summed E-state index contributed by atoms with van der Waals surface area (Å²) in [5.41, 5.74) is 2.57. The van der Waals surface area contributed by atoms with E-state index in [9.17, 15) is 9.59 Å². The minimum Gasteiger partial charge on any atom is -0.341 e. The molecule has 1 heterocycles. The molecule has 1 aliphatic carbocycles. The second-order valence-corrected chi connectivity index (χ2v) is 4.85. The van der Waals surface area contributed by atoms with Crippen molar-refractivity contribution in [2.24, 2.45) is 0 Å². The molecule has 1 aromatic heterocycles. The van der Waals surface area contributed by atoms with Crippen LogP contribution in [0.15, 0.2) is 48.5 Å². The Bertz CT molecular complexity index is 796. The molecule has 96 valence electrons. The monoisotopic (exact) mass is 262 g/mol. The van der Waals surface area contributed by atoms with Crippen molar-refractivity contribution in [2.75, 3.05) is 0 Å². The zero-order chi connectivity index (χ0) is 13.7. The van der Waals surface area contributed by atoms with Gasteiger partial charge in [0.2, 0.25) is 0 Å². The standard InChI is InChI=1S/C16H10N2O2/c19-14-9-5-1-2-6-10(9)15(20)13(14)16-17-11-7-3-4-8-12(11)18-16/h1-8,13H,(H,17,18). The van der Waals surface area contributed by atoms with Crippen LogP contribution in [0.1, 0.15) is 32.5 Å². The number of imidazole rings is 1. The summed E-state index contributed by atoms with van der Waals surface area (Å²) in [6.07, 6.45) is 0. The van der Waals surface area contributed by atoms with Gasteiger partial charge in [-0.05, 0) is 12.1 Å². The molecule has 0 atom stereocenters. The first kappa shape index (κ1) is 11.1.